The highest BCUT2D eigenvalue weighted by Gasteiger charge is 2.33. The van der Waals surface area contributed by atoms with E-state index < -0.39 is 15.9 Å². The molecule has 2 aromatic rings. The summed E-state index contributed by atoms with van der Waals surface area (Å²) in [5.74, 6) is -0.193. The number of hydrogen-bond acceptors (Lipinski definition) is 6. The fraction of sp³-hybridized carbons (Fsp3) is 0.483. The molecule has 2 saturated heterocycles. The lowest BCUT2D eigenvalue weighted by Gasteiger charge is -2.38. The highest BCUT2D eigenvalue weighted by molar-refractivity contribution is 7.90. The number of carbonyl (C=O) groups excluding carboxylic acids is 3. The van der Waals surface area contributed by atoms with Gasteiger partial charge in [0.15, 0.2) is 9.84 Å². The third-order valence-corrected chi connectivity index (χ3v) is 8.79. The number of nitrogens with zero attached hydrogens (tertiary/aromatic N) is 2. The fourth-order valence-corrected chi connectivity index (χ4v) is 5.96. The Labute approximate surface area is 230 Å². The third kappa shape index (κ3) is 7.67. The van der Waals surface area contributed by atoms with E-state index in [0.717, 1.165) is 50.0 Å². The second kappa shape index (κ2) is 12.7. The third-order valence-electron chi connectivity index (χ3n) is 7.66. The van der Waals surface area contributed by atoms with Gasteiger partial charge in [-0.3, -0.25) is 14.4 Å². The summed E-state index contributed by atoms with van der Waals surface area (Å²) in [6.07, 6.45) is 4.16. The number of piperidine rings is 1. The maximum absolute atomic E-state index is 13.1. The normalized spacial score (nSPS) is 19.0. The van der Waals surface area contributed by atoms with E-state index in [-0.39, 0.29) is 47.5 Å². The molecule has 2 atom stereocenters. The standard InChI is InChI=1S/C29H38N4O5S/c1-3-33(28(35)19-21-9-11-24(12-10-21)39(2,37)38)23-13-16-32(17-14-23)18-15-25(22-7-5-4-6-8-22)31-29(36)26-20-27(34)30-26/h4-12,23,25-26H,3,13-20H2,1-2H3,(H,30,34)(H,31,36). The van der Waals surface area contributed by atoms with Crippen molar-refractivity contribution in [3.63, 3.8) is 0 Å². The Bertz CT molecular complexity index is 1250. The molecule has 0 saturated carbocycles. The number of amides is 3. The summed E-state index contributed by atoms with van der Waals surface area (Å²) < 4.78 is 23.4. The van der Waals surface area contributed by atoms with Crippen molar-refractivity contribution < 1.29 is 22.8 Å². The number of hydrogen-bond donors (Lipinski definition) is 2. The van der Waals surface area contributed by atoms with Crippen LogP contribution in [0.15, 0.2) is 59.5 Å². The Balaban J connectivity index is 1.28. The van der Waals surface area contributed by atoms with Crippen LogP contribution in [0.25, 0.3) is 0 Å². The van der Waals surface area contributed by atoms with E-state index in [4.69, 9.17) is 0 Å². The first-order valence-electron chi connectivity index (χ1n) is 13.6. The molecule has 2 heterocycles. The Morgan fingerprint density at radius 1 is 1.08 bits per heavy atom. The number of carbonyl (C=O) groups is 3. The lowest BCUT2D eigenvalue weighted by molar-refractivity contribution is -0.137. The molecule has 0 aromatic heterocycles. The second-order valence-electron chi connectivity index (χ2n) is 10.4. The van der Waals surface area contributed by atoms with E-state index in [1.54, 1.807) is 24.3 Å². The fourth-order valence-electron chi connectivity index (χ4n) is 5.33. The first-order chi connectivity index (χ1) is 18.6. The van der Waals surface area contributed by atoms with Crippen molar-refractivity contribution in [2.45, 2.75) is 62.0 Å². The Kier molecular flexibility index (Phi) is 9.40. The van der Waals surface area contributed by atoms with Crippen LogP contribution in [0, 0.1) is 0 Å². The summed E-state index contributed by atoms with van der Waals surface area (Å²) in [5.41, 5.74) is 1.84. The van der Waals surface area contributed by atoms with Gasteiger partial charge in [-0.25, -0.2) is 8.42 Å². The van der Waals surface area contributed by atoms with Crippen molar-refractivity contribution >= 4 is 27.6 Å². The summed E-state index contributed by atoms with van der Waals surface area (Å²) in [6, 6.07) is 16.0. The minimum absolute atomic E-state index is 0.0537. The topological polar surface area (TPSA) is 116 Å². The summed E-state index contributed by atoms with van der Waals surface area (Å²) in [6.45, 7) is 5.17. The smallest absolute Gasteiger partial charge is 0.243 e. The molecule has 2 aliphatic heterocycles. The van der Waals surface area contributed by atoms with E-state index in [1.807, 2.05) is 42.2 Å². The highest BCUT2D eigenvalue weighted by Crippen LogP contribution is 2.22. The molecule has 2 N–H and O–H groups in total. The molecule has 3 amide bonds. The van der Waals surface area contributed by atoms with Crippen LogP contribution in [-0.2, 0) is 30.6 Å². The van der Waals surface area contributed by atoms with Gasteiger partial charge in [-0.15, -0.1) is 0 Å². The van der Waals surface area contributed by atoms with Gasteiger partial charge >= 0.3 is 0 Å². The maximum Gasteiger partial charge on any atom is 0.243 e. The number of likely N-dealkylation sites (N-methyl/N-ethyl adjacent to an activating group) is 1. The summed E-state index contributed by atoms with van der Waals surface area (Å²) in [5, 5.41) is 5.76. The molecule has 4 rings (SSSR count). The minimum atomic E-state index is -3.26. The van der Waals surface area contributed by atoms with Crippen LogP contribution in [0.3, 0.4) is 0 Å². The molecule has 2 fully saturated rings. The van der Waals surface area contributed by atoms with Crippen LogP contribution < -0.4 is 10.6 Å². The molecule has 0 aliphatic carbocycles. The van der Waals surface area contributed by atoms with Gasteiger partial charge in [0.1, 0.15) is 6.04 Å². The van der Waals surface area contributed by atoms with Crippen molar-refractivity contribution in [1.29, 1.82) is 0 Å². The first kappa shape index (κ1) is 28.8. The van der Waals surface area contributed by atoms with Gasteiger partial charge in [0.05, 0.1) is 23.8 Å². The van der Waals surface area contributed by atoms with Crippen LogP contribution >= 0.6 is 0 Å². The predicted octanol–water partition coefficient (Wildman–Crippen LogP) is 2.08. The molecule has 0 bridgehead atoms. The molecule has 10 heteroatoms. The summed E-state index contributed by atoms with van der Waals surface area (Å²) in [4.78, 5) is 41.5. The number of likely N-dealkylation sites (tertiary alicyclic amines) is 1. The van der Waals surface area contributed by atoms with E-state index >= 15 is 0 Å². The van der Waals surface area contributed by atoms with Gasteiger partial charge in [-0.1, -0.05) is 42.5 Å². The van der Waals surface area contributed by atoms with Crippen molar-refractivity contribution in [1.82, 2.24) is 20.4 Å². The molecule has 2 aromatic carbocycles. The van der Waals surface area contributed by atoms with Gasteiger partial charge in [0, 0.05) is 38.5 Å². The number of β-lactam (4-membered cyclic amide) rings is 1. The van der Waals surface area contributed by atoms with Gasteiger partial charge < -0.3 is 20.4 Å². The molecule has 39 heavy (non-hydrogen) atoms. The minimum Gasteiger partial charge on any atom is -0.347 e. The molecule has 2 aliphatic rings. The average molecular weight is 555 g/mol. The van der Waals surface area contributed by atoms with Gasteiger partial charge in [0.2, 0.25) is 17.7 Å². The monoisotopic (exact) mass is 554 g/mol. The zero-order valence-corrected chi connectivity index (χ0v) is 23.5. The van der Waals surface area contributed by atoms with Gasteiger partial charge in [-0.2, -0.15) is 0 Å². The molecule has 210 valence electrons. The quantitative estimate of drug-likeness (QED) is 0.411. The largest absolute Gasteiger partial charge is 0.347 e. The summed E-state index contributed by atoms with van der Waals surface area (Å²) >= 11 is 0. The Morgan fingerprint density at radius 2 is 1.72 bits per heavy atom. The van der Waals surface area contributed by atoms with Crippen LogP contribution in [0.5, 0.6) is 0 Å². The lowest BCUT2D eigenvalue weighted by Crippen LogP contribution is -2.57. The maximum atomic E-state index is 13.1. The Hall–Kier alpha value is -3.24. The van der Waals surface area contributed by atoms with E-state index in [0.29, 0.717) is 6.54 Å². The Morgan fingerprint density at radius 3 is 2.28 bits per heavy atom. The summed E-state index contributed by atoms with van der Waals surface area (Å²) in [7, 11) is -3.26. The number of benzene rings is 2. The molecular weight excluding hydrogens is 516 g/mol. The highest BCUT2D eigenvalue weighted by atomic mass is 32.2. The van der Waals surface area contributed by atoms with Crippen LogP contribution in [-0.4, -0.2) is 80.5 Å². The second-order valence-corrected chi connectivity index (χ2v) is 12.4. The predicted molar refractivity (Wildman–Crippen MR) is 149 cm³/mol. The molecule has 0 radical (unpaired) electrons. The number of nitrogens with one attached hydrogen (secondary N) is 2. The number of sulfone groups is 1. The van der Waals surface area contributed by atoms with E-state index in [9.17, 15) is 22.8 Å². The van der Waals surface area contributed by atoms with Gasteiger partial charge in [0.25, 0.3) is 0 Å². The van der Waals surface area contributed by atoms with E-state index in [1.165, 1.54) is 6.26 Å². The van der Waals surface area contributed by atoms with Crippen molar-refractivity contribution in [2.75, 3.05) is 32.4 Å². The van der Waals surface area contributed by atoms with Crippen molar-refractivity contribution in [3.8, 4) is 0 Å². The van der Waals surface area contributed by atoms with Crippen LogP contribution in [0.4, 0.5) is 0 Å². The van der Waals surface area contributed by atoms with Crippen LogP contribution in [0.2, 0.25) is 0 Å². The first-order valence-corrected chi connectivity index (χ1v) is 15.5. The molecule has 9 nitrogen and oxygen atoms in total. The molecule has 0 spiro atoms. The zero-order valence-electron chi connectivity index (χ0n) is 22.6. The average Bonchev–Trinajstić information content (AvgIpc) is 2.90. The van der Waals surface area contributed by atoms with Gasteiger partial charge in [-0.05, 0) is 49.4 Å². The number of rotatable bonds is 11. The van der Waals surface area contributed by atoms with Crippen LogP contribution in [0.1, 0.15) is 49.8 Å². The SMILES string of the molecule is CCN(C(=O)Cc1ccc(S(C)(=O)=O)cc1)C1CCN(CCC(NC(=O)C2CC(=O)N2)c2ccccc2)CC1. The van der Waals surface area contributed by atoms with Crippen molar-refractivity contribution in [3.05, 3.63) is 65.7 Å². The zero-order chi connectivity index (χ0) is 28.0. The lowest BCUT2D eigenvalue weighted by atomic mass is 9.99. The molecule has 2 unspecified atom stereocenters. The molecular formula is C29H38N4O5S. The van der Waals surface area contributed by atoms with Crippen molar-refractivity contribution in [2.24, 2.45) is 0 Å². The van der Waals surface area contributed by atoms with E-state index in [2.05, 4.69) is 15.5 Å².